The van der Waals surface area contributed by atoms with Crippen LogP contribution < -0.4 is 4.74 Å². The highest BCUT2D eigenvalue weighted by Crippen LogP contribution is 2.40. The van der Waals surface area contributed by atoms with Crippen LogP contribution in [0.4, 0.5) is 0 Å². The summed E-state index contributed by atoms with van der Waals surface area (Å²) < 4.78 is 5.50. The maximum absolute atomic E-state index is 13.6. The maximum Gasteiger partial charge on any atom is 0.298 e. The van der Waals surface area contributed by atoms with E-state index in [1.165, 1.54) is 5.56 Å². The van der Waals surface area contributed by atoms with E-state index in [-0.39, 0.29) is 18.0 Å². The molecule has 0 unspecified atom stereocenters. The Morgan fingerprint density at radius 1 is 1.26 bits per heavy atom. The smallest absolute Gasteiger partial charge is 0.298 e. The van der Waals surface area contributed by atoms with E-state index >= 15 is 0 Å². The fourth-order valence-corrected chi connectivity index (χ4v) is 4.69. The van der Waals surface area contributed by atoms with Crippen molar-refractivity contribution in [3.63, 3.8) is 0 Å². The summed E-state index contributed by atoms with van der Waals surface area (Å²) in [7, 11) is 0.0386. The van der Waals surface area contributed by atoms with Crippen LogP contribution in [0.2, 0.25) is 19.6 Å². The summed E-state index contributed by atoms with van der Waals surface area (Å²) in [6.07, 6.45) is 5.81. The predicted octanol–water partition coefficient (Wildman–Crippen LogP) is 5.31. The second-order valence-electron chi connectivity index (χ2n) is 9.41. The van der Waals surface area contributed by atoms with Crippen molar-refractivity contribution < 1.29 is 9.53 Å². The molecule has 0 fully saturated rings. The molecule has 164 valence electrons. The van der Waals surface area contributed by atoms with E-state index in [9.17, 15) is 4.79 Å². The summed E-state index contributed by atoms with van der Waals surface area (Å²) in [4.78, 5) is 20.0. The SMILES string of the molecule is CCCC[C@H]1Cc2cc(OC)ccc2[C@H](c2ccnc(C)c2)N1C(=O)C#C[Si](C)(C)C. The standard InChI is InChI=1S/C26H34N2O2Si/c1-7-8-9-22-17-21-18-23(30-3)10-11-24(21)26(20-12-14-27-19(2)16-20)28(22)25(29)13-15-31(4,5)6/h10-12,14,16,18,22,26H,7-9,17H2,1-6H3/t22-,26-/m0/s1. The quantitative estimate of drug-likeness (QED) is 0.473. The minimum atomic E-state index is -1.66. The van der Waals surface area contributed by atoms with Gasteiger partial charge in [-0.05, 0) is 66.6 Å². The average Bonchev–Trinajstić information content (AvgIpc) is 2.73. The van der Waals surface area contributed by atoms with E-state index < -0.39 is 8.07 Å². The van der Waals surface area contributed by atoms with Crippen LogP contribution in [0.15, 0.2) is 36.5 Å². The van der Waals surface area contributed by atoms with Gasteiger partial charge in [0, 0.05) is 17.9 Å². The number of hydrogen-bond donors (Lipinski definition) is 0. The number of nitrogens with zero attached hydrogens (tertiary/aromatic N) is 2. The first-order valence-corrected chi connectivity index (χ1v) is 14.7. The Balaban J connectivity index is 2.17. The molecule has 2 aromatic rings. The zero-order chi connectivity index (χ0) is 22.6. The number of aromatic nitrogens is 1. The van der Waals surface area contributed by atoms with Crippen LogP contribution in [0.1, 0.15) is 54.6 Å². The van der Waals surface area contributed by atoms with Crippen molar-refractivity contribution in [2.45, 2.75) is 71.3 Å². The molecule has 1 aliphatic rings. The van der Waals surface area contributed by atoms with Crippen LogP contribution in [0.3, 0.4) is 0 Å². The molecule has 2 atom stereocenters. The minimum absolute atomic E-state index is 0.0653. The number of methoxy groups -OCH3 is 1. The molecule has 0 bridgehead atoms. The number of fused-ring (bicyclic) bond motifs is 1. The van der Waals surface area contributed by atoms with Crippen LogP contribution in [-0.4, -0.2) is 37.0 Å². The van der Waals surface area contributed by atoms with Crippen LogP contribution in [-0.2, 0) is 11.2 Å². The van der Waals surface area contributed by atoms with Gasteiger partial charge in [0.15, 0.2) is 0 Å². The number of amides is 1. The van der Waals surface area contributed by atoms with E-state index in [0.717, 1.165) is 48.3 Å². The number of ether oxygens (including phenoxy) is 1. The summed E-state index contributed by atoms with van der Waals surface area (Å²) in [5, 5.41) is 0. The van der Waals surface area contributed by atoms with Gasteiger partial charge in [0.05, 0.1) is 13.2 Å². The van der Waals surface area contributed by atoms with E-state index in [1.807, 2.05) is 30.2 Å². The van der Waals surface area contributed by atoms with Crippen molar-refractivity contribution in [1.29, 1.82) is 0 Å². The van der Waals surface area contributed by atoms with E-state index in [0.29, 0.717) is 0 Å². The van der Waals surface area contributed by atoms with Gasteiger partial charge in [0.25, 0.3) is 5.91 Å². The Hall–Kier alpha value is -2.58. The average molecular weight is 435 g/mol. The molecule has 1 amide bonds. The highest BCUT2D eigenvalue weighted by atomic mass is 28.3. The Morgan fingerprint density at radius 3 is 2.68 bits per heavy atom. The van der Waals surface area contributed by atoms with Gasteiger partial charge >= 0.3 is 0 Å². The molecule has 5 heteroatoms. The Labute approximate surface area is 188 Å². The second kappa shape index (κ2) is 9.70. The molecule has 0 radical (unpaired) electrons. The number of benzene rings is 1. The van der Waals surface area contributed by atoms with Gasteiger partial charge in [-0.2, -0.15) is 0 Å². The minimum Gasteiger partial charge on any atom is -0.497 e. The third-order valence-electron chi connectivity index (χ3n) is 5.68. The molecule has 0 N–H and O–H groups in total. The van der Waals surface area contributed by atoms with Gasteiger partial charge < -0.3 is 9.64 Å². The van der Waals surface area contributed by atoms with Crippen molar-refractivity contribution in [2.75, 3.05) is 7.11 Å². The molecule has 1 aromatic carbocycles. The number of unbranched alkanes of at least 4 members (excludes halogenated alkanes) is 1. The number of rotatable bonds is 5. The van der Waals surface area contributed by atoms with E-state index in [2.05, 4.69) is 61.2 Å². The molecule has 3 rings (SSSR count). The van der Waals surface area contributed by atoms with E-state index in [4.69, 9.17) is 4.74 Å². The van der Waals surface area contributed by atoms with Gasteiger partial charge in [-0.1, -0.05) is 45.5 Å². The monoisotopic (exact) mass is 434 g/mol. The van der Waals surface area contributed by atoms with Crippen LogP contribution in [0.25, 0.3) is 0 Å². The number of pyridine rings is 1. The number of hydrogen-bond acceptors (Lipinski definition) is 3. The molecule has 31 heavy (non-hydrogen) atoms. The lowest BCUT2D eigenvalue weighted by Crippen LogP contribution is -2.47. The predicted molar refractivity (Wildman–Crippen MR) is 129 cm³/mol. The highest BCUT2D eigenvalue weighted by molar-refractivity contribution is 6.84. The molecule has 4 nitrogen and oxygen atoms in total. The molecular formula is C26H34N2O2Si. The fraction of sp³-hybridized carbons (Fsp3) is 0.462. The third kappa shape index (κ3) is 5.56. The summed E-state index contributed by atoms with van der Waals surface area (Å²) in [5.74, 6) is 3.82. The molecule has 1 aromatic heterocycles. The van der Waals surface area contributed by atoms with Gasteiger partial charge in [0.2, 0.25) is 0 Å². The lowest BCUT2D eigenvalue weighted by Gasteiger charge is -2.43. The molecule has 0 saturated carbocycles. The van der Waals surface area contributed by atoms with Crippen molar-refractivity contribution in [3.8, 4) is 17.2 Å². The first-order valence-electron chi connectivity index (χ1n) is 11.2. The Kier molecular flexibility index (Phi) is 7.22. The molecule has 0 spiro atoms. The van der Waals surface area contributed by atoms with Gasteiger partial charge in [0.1, 0.15) is 13.8 Å². The van der Waals surface area contributed by atoms with Crippen molar-refractivity contribution in [1.82, 2.24) is 9.88 Å². The zero-order valence-corrected chi connectivity index (χ0v) is 20.7. The van der Waals surface area contributed by atoms with Crippen molar-refractivity contribution in [3.05, 3.63) is 58.9 Å². The van der Waals surface area contributed by atoms with Crippen molar-refractivity contribution >= 4 is 14.0 Å². The molecule has 1 aliphatic heterocycles. The zero-order valence-electron chi connectivity index (χ0n) is 19.7. The van der Waals surface area contributed by atoms with Gasteiger partial charge in [-0.15, -0.1) is 5.54 Å². The van der Waals surface area contributed by atoms with Crippen LogP contribution >= 0.6 is 0 Å². The summed E-state index contributed by atoms with van der Waals surface area (Å²) >= 11 is 0. The highest BCUT2D eigenvalue weighted by Gasteiger charge is 2.38. The second-order valence-corrected chi connectivity index (χ2v) is 14.2. The largest absolute Gasteiger partial charge is 0.497 e. The van der Waals surface area contributed by atoms with Gasteiger partial charge in [-0.3, -0.25) is 9.78 Å². The summed E-state index contributed by atoms with van der Waals surface area (Å²) in [6.45, 7) is 10.7. The molecular weight excluding hydrogens is 400 g/mol. The first kappa shape index (κ1) is 23.1. The Morgan fingerprint density at radius 2 is 2.03 bits per heavy atom. The Bertz CT molecular complexity index is 1000. The molecule has 0 saturated heterocycles. The lowest BCUT2D eigenvalue weighted by molar-refractivity contribution is -0.130. The number of carbonyl (C=O) groups is 1. The number of aryl methyl sites for hydroxylation is 1. The summed E-state index contributed by atoms with van der Waals surface area (Å²) in [5.41, 5.74) is 7.73. The van der Waals surface area contributed by atoms with E-state index in [1.54, 1.807) is 7.11 Å². The maximum atomic E-state index is 13.6. The first-order chi connectivity index (χ1) is 14.7. The molecule has 0 aliphatic carbocycles. The van der Waals surface area contributed by atoms with Gasteiger partial charge in [-0.25, -0.2) is 0 Å². The van der Waals surface area contributed by atoms with Crippen LogP contribution in [0, 0.1) is 18.4 Å². The van der Waals surface area contributed by atoms with Crippen LogP contribution in [0.5, 0.6) is 5.75 Å². The molecule has 2 heterocycles. The van der Waals surface area contributed by atoms with Crippen molar-refractivity contribution in [2.24, 2.45) is 0 Å². The lowest BCUT2D eigenvalue weighted by atomic mass is 9.83. The fourth-order valence-electron chi connectivity index (χ4n) is 4.21. The summed E-state index contributed by atoms with van der Waals surface area (Å²) in [6, 6.07) is 10.3. The number of carbonyl (C=O) groups excluding carboxylic acids is 1. The topological polar surface area (TPSA) is 42.4 Å². The third-order valence-corrected chi connectivity index (χ3v) is 6.55. The normalized spacial score (nSPS) is 18.1.